The Kier molecular flexibility index (Phi) is 12.9. The molecule has 1 heterocycles. The fourth-order valence-corrected chi connectivity index (χ4v) is 4.79. The first kappa shape index (κ1) is 31.1. The van der Waals surface area contributed by atoms with E-state index >= 15 is 0 Å². The number of nitrogens with zero attached hydrogens (tertiary/aromatic N) is 1. The van der Waals surface area contributed by atoms with Crippen molar-refractivity contribution in [1.82, 2.24) is 5.32 Å². The number of Topliss-reactive ketones (excluding diaryl/α,β-unsaturated/α-hetero) is 1. The number of ether oxygens (including phenoxy) is 2. The maximum Gasteiger partial charge on any atom is 0.338 e. The minimum atomic E-state index is -0.490. The number of nitrogens with one attached hydrogen (secondary N) is 1. The summed E-state index contributed by atoms with van der Waals surface area (Å²) in [5, 5.41) is 17.1. The van der Waals surface area contributed by atoms with Crippen LogP contribution >= 0.6 is 0 Å². The normalized spacial score (nSPS) is 23.4. The number of aromatic hydroxyl groups is 1. The highest BCUT2D eigenvalue weighted by atomic mass is 16.6. The number of oxime groups is 1. The van der Waals surface area contributed by atoms with Gasteiger partial charge in [-0.3, -0.25) is 9.59 Å². The van der Waals surface area contributed by atoms with Crippen LogP contribution in [0.15, 0.2) is 47.7 Å². The number of fused-ring (bicyclic) bond motifs is 1. The number of carbonyl (C=O) groups excluding carboxylic acids is 3. The number of phenols is 1. The van der Waals surface area contributed by atoms with Crippen LogP contribution in [0.4, 0.5) is 0 Å². The Labute approximate surface area is 236 Å². The Balaban J connectivity index is 1.77. The summed E-state index contributed by atoms with van der Waals surface area (Å²) in [6.07, 6.45) is 14.0. The Morgan fingerprint density at radius 3 is 2.73 bits per heavy atom. The van der Waals surface area contributed by atoms with Crippen LogP contribution in [0, 0.1) is 5.92 Å². The van der Waals surface area contributed by atoms with Crippen molar-refractivity contribution in [2.24, 2.45) is 11.1 Å². The predicted octanol–water partition coefficient (Wildman–Crippen LogP) is 4.82. The molecule has 0 spiro atoms. The van der Waals surface area contributed by atoms with Gasteiger partial charge in [0, 0.05) is 38.8 Å². The fourth-order valence-electron chi connectivity index (χ4n) is 4.79. The number of carbonyl (C=O) groups is 3. The van der Waals surface area contributed by atoms with E-state index in [0.29, 0.717) is 49.3 Å². The van der Waals surface area contributed by atoms with Gasteiger partial charge in [0.15, 0.2) is 12.4 Å². The number of phenolic OH excluding ortho intramolecular Hbond substituents is 1. The molecule has 218 valence electrons. The molecule has 1 amide bonds. The largest absolute Gasteiger partial charge is 0.508 e. The molecule has 1 saturated carbocycles. The van der Waals surface area contributed by atoms with Crippen LogP contribution in [-0.4, -0.2) is 60.4 Å². The first-order valence-corrected chi connectivity index (χ1v) is 14.3. The van der Waals surface area contributed by atoms with Gasteiger partial charge in [0.1, 0.15) is 11.9 Å². The molecule has 1 fully saturated rings. The maximum absolute atomic E-state index is 13.0. The summed E-state index contributed by atoms with van der Waals surface area (Å²) >= 11 is 0. The van der Waals surface area contributed by atoms with Gasteiger partial charge >= 0.3 is 5.97 Å². The van der Waals surface area contributed by atoms with E-state index in [4.69, 9.17) is 14.3 Å². The third-order valence-corrected chi connectivity index (χ3v) is 6.96. The molecule has 0 aromatic heterocycles. The molecule has 9 heteroatoms. The second kappa shape index (κ2) is 16.6. The molecule has 9 nitrogen and oxygen atoms in total. The number of rotatable bonds is 9. The summed E-state index contributed by atoms with van der Waals surface area (Å²) in [5.74, 6) is -0.460. The lowest BCUT2D eigenvalue weighted by Crippen LogP contribution is -2.23. The zero-order chi connectivity index (χ0) is 28.7. The minimum Gasteiger partial charge on any atom is -0.508 e. The van der Waals surface area contributed by atoms with Gasteiger partial charge in [0.25, 0.3) is 0 Å². The van der Waals surface area contributed by atoms with E-state index in [0.717, 1.165) is 25.7 Å². The molecule has 40 heavy (non-hydrogen) atoms. The highest BCUT2D eigenvalue weighted by molar-refractivity contribution is 5.99. The Hall–Kier alpha value is -3.46. The molecule has 1 unspecified atom stereocenters. The van der Waals surface area contributed by atoms with Crippen molar-refractivity contribution in [2.75, 3.05) is 19.8 Å². The molecule has 0 radical (unpaired) electrons. The second-order valence-corrected chi connectivity index (χ2v) is 10.4. The first-order valence-electron chi connectivity index (χ1n) is 14.3. The molecule has 3 rings (SSSR count). The zero-order valence-electron chi connectivity index (χ0n) is 23.6. The van der Waals surface area contributed by atoms with Gasteiger partial charge in [0.2, 0.25) is 5.91 Å². The van der Waals surface area contributed by atoms with E-state index in [-0.39, 0.29) is 48.6 Å². The monoisotopic (exact) mass is 554 g/mol. The molecule has 2 atom stereocenters. The average Bonchev–Trinajstić information content (AvgIpc) is 2.92. The van der Waals surface area contributed by atoms with Crippen molar-refractivity contribution in [3.63, 3.8) is 0 Å². The van der Waals surface area contributed by atoms with Crippen LogP contribution < -0.4 is 5.32 Å². The predicted molar refractivity (Wildman–Crippen MR) is 152 cm³/mol. The van der Waals surface area contributed by atoms with E-state index in [9.17, 15) is 19.5 Å². The minimum absolute atomic E-state index is 0.0214. The van der Waals surface area contributed by atoms with Crippen molar-refractivity contribution in [3.05, 3.63) is 53.6 Å². The van der Waals surface area contributed by atoms with Crippen molar-refractivity contribution in [1.29, 1.82) is 0 Å². The highest BCUT2D eigenvalue weighted by Crippen LogP contribution is 2.24. The molecule has 0 saturated heterocycles. The lowest BCUT2D eigenvalue weighted by atomic mass is 9.86. The van der Waals surface area contributed by atoms with E-state index in [1.807, 2.05) is 25.2 Å². The summed E-state index contributed by atoms with van der Waals surface area (Å²) in [6.45, 7) is 4.20. The van der Waals surface area contributed by atoms with Crippen LogP contribution in [0.3, 0.4) is 0 Å². The first-order chi connectivity index (χ1) is 19.3. The number of benzene rings is 1. The van der Waals surface area contributed by atoms with Crippen molar-refractivity contribution in [3.8, 4) is 5.75 Å². The quantitative estimate of drug-likeness (QED) is 0.194. The molecule has 1 aromatic rings. The number of allylic oxidation sites excluding steroid dienone is 1. The summed E-state index contributed by atoms with van der Waals surface area (Å²) in [6, 6.07) is 4.51. The molecule has 2 aliphatic rings. The van der Waals surface area contributed by atoms with E-state index in [1.54, 1.807) is 12.1 Å². The zero-order valence-corrected chi connectivity index (χ0v) is 23.6. The summed E-state index contributed by atoms with van der Waals surface area (Å²) in [7, 11) is 0. The molecule has 0 bridgehead atoms. The van der Waals surface area contributed by atoms with Crippen molar-refractivity contribution in [2.45, 2.75) is 83.8 Å². The van der Waals surface area contributed by atoms with Gasteiger partial charge in [-0.2, -0.15) is 0 Å². The smallest absolute Gasteiger partial charge is 0.338 e. The number of ketones is 1. The second-order valence-electron chi connectivity index (χ2n) is 10.4. The molecule has 1 aliphatic heterocycles. The van der Waals surface area contributed by atoms with E-state index < -0.39 is 5.97 Å². The van der Waals surface area contributed by atoms with Crippen LogP contribution in [-0.2, 0) is 30.3 Å². The van der Waals surface area contributed by atoms with Gasteiger partial charge in [-0.1, -0.05) is 42.6 Å². The topological polar surface area (TPSA) is 124 Å². The summed E-state index contributed by atoms with van der Waals surface area (Å²) < 4.78 is 11.7. The third-order valence-electron chi connectivity index (χ3n) is 6.96. The van der Waals surface area contributed by atoms with Crippen LogP contribution in [0.2, 0.25) is 0 Å². The van der Waals surface area contributed by atoms with Gasteiger partial charge in [0.05, 0.1) is 17.4 Å². The lowest BCUT2D eigenvalue weighted by molar-refractivity contribution is -0.128. The lowest BCUT2D eigenvalue weighted by Gasteiger charge is -2.19. The number of amides is 1. The van der Waals surface area contributed by atoms with Crippen LogP contribution in [0.25, 0.3) is 0 Å². The van der Waals surface area contributed by atoms with Crippen LogP contribution in [0.1, 0.15) is 81.1 Å². The number of esters is 1. The van der Waals surface area contributed by atoms with Gasteiger partial charge in [-0.15, -0.1) is 0 Å². The summed E-state index contributed by atoms with van der Waals surface area (Å²) in [4.78, 5) is 42.2. The number of cyclic esters (lactones) is 1. The molecule has 1 aliphatic carbocycles. The van der Waals surface area contributed by atoms with Gasteiger partial charge in [-0.25, -0.2) is 4.79 Å². The van der Waals surface area contributed by atoms with Crippen molar-refractivity contribution >= 4 is 23.4 Å². The molecular formula is C31H42N2O7. The number of hydrogen-bond acceptors (Lipinski definition) is 8. The molecule has 2 N–H and O–H groups in total. The van der Waals surface area contributed by atoms with Gasteiger partial charge in [-0.05, 0) is 62.4 Å². The molecular weight excluding hydrogens is 512 g/mol. The fraction of sp³-hybridized carbons (Fsp3) is 0.548. The molecule has 1 aromatic carbocycles. The van der Waals surface area contributed by atoms with Crippen molar-refractivity contribution < 1.29 is 33.8 Å². The Morgan fingerprint density at radius 1 is 1.15 bits per heavy atom. The highest BCUT2D eigenvalue weighted by Gasteiger charge is 2.22. The third kappa shape index (κ3) is 11.0. The average molecular weight is 555 g/mol. The number of hydrogen-bond donors (Lipinski definition) is 2. The Bertz CT molecular complexity index is 1090. The summed E-state index contributed by atoms with van der Waals surface area (Å²) in [5.41, 5.74) is 1.38. The van der Waals surface area contributed by atoms with E-state index in [1.165, 1.54) is 25.5 Å². The standard InChI is InChI=1S/C31H42N2O7/c1-22-9-6-13-28(38-18-8-17-32-23(2)34)14-7-12-26(33-39-21-30(36)24-10-4-3-5-11-24)19-25-20-27(35)15-16-29(25)31(37)40-22/h6-7,12-13,15-16,20,22,24,28,35H,3-5,8-11,14,17-19,21H2,1-2H3,(H,32,34)/b12-7+,13-6+,33-26+/t22-,28?/m1/s1. The SMILES string of the molecule is CC(=O)NCCCOC1/C=C/C[C@@H](C)OC(=O)c2ccc(O)cc2CC(=N/OCC(=O)C2CCCCC2)/C=C/C1. The van der Waals surface area contributed by atoms with Gasteiger partial charge < -0.3 is 24.7 Å². The van der Waals surface area contributed by atoms with Crippen LogP contribution in [0.5, 0.6) is 5.75 Å². The Morgan fingerprint density at radius 2 is 1.95 bits per heavy atom. The van der Waals surface area contributed by atoms with E-state index in [2.05, 4.69) is 10.5 Å². The maximum atomic E-state index is 13.0.